The van der Waals surface area contributed by atoms with Crippen LogP contribution in [0.25, 0.3) is 0 Å². The molecule has 1 aliphatic heterocycles. The fourth-order valence-corrected chi connectivity index (χ4v) is 2.84. The Morgan fingerprint density at radius 1 is 1.55 bits per heavy atom. The Labute approximate surface area is 135 Å². The fourth-order valence-electron chi connectivity index (χ4n) is 2.60. The van der Waals surface area contributed by atoms with Gasteiger partial charge in [0.25, 0.3) is 5.91 Å². The summed E-state index contributed by atoms with van der Waals surface area (Å²) in [4.78, 5) is 14.4. The molecule has 1 heterocycles. The van der Waals surface area contributed by atoms with Gasteiger partial charge in [-0.15, -0.1) is 0 Å². The van der Waals surface area contributed by atoms with Crippen LogP contribution in [0, 0.1) is 11.7 Å². The molecule has 1 amide bonds. The van der Waals surface area contributed by atoms with Gasteiger partial charge in [0.2, 0.25) is 0 Å². The summed E-state index contributed by atoms with van der Waals surface area (Å²) in [7, 11) is 0. The summed E-state index contributed by atoms with van der Waals surface area (Å²) in [5.41, 5.74) is -0.112. The van der Waals surface area contributed by atoms with Crippen LogP contribution < -0.4 is 5.32 Å². The third-order valence-electron chi connectivity index (χ3n) is 3.53. The number of carbonyl (C=O) groups excluding carboxylic acids is 1. The van der Waals surface area contributed by atoms with Gasteiger partial charge >= 0.3 is 0 Å². The molecule has 0 unspecified atom stereocenters. The van der Waals surface area contributed by atoms with E-state index in [1.165, 1.54) is 18.2 Å². The first-order valence-electron chi connectivity index (χ1n) is 7.53. The van der Waals surface area contributed by atoms with Gasteiger partial charge in [-0.25, -0.2) is 4.39 Å². The minimum atomic E-state index is -0.615. The van der Waals surface area contributed by atoms with E-state index >= 15 is 0 Å². The van der Waals surface area contributed by atoms with Crippen LogP contribution in [0.3, 0.4) is 0 Å². The van der Waals surface area contributed by atoms with Crippen LogP contribution in [0.4, 0.5) is 4.39 Å². The zero-order valence-corrected chi connectivity index (χ0v) is 13.7. The van der Waals surface area contributed by atoms with E-state index < -0.39 is 11.7 Å². The fraction of sp³-hybridized carbons (Fsp3) is 0.562. The number of nitrogens with one attached hydrogen (secondary N) is 1. The van der Waals surface area contributed by atoms with Crippen molar-refractivity contribution in [1.82, 2.24) is 10.2 Å². The number of benzene rings is 1. The summed E-state index contributed by atoms with van der Waals surface area (Å²) in [6.45, 7) is 8.02. The first-order valence-corrected chi connectivity index (χ1v) is 7.91. The number of rotatable bonds is 5. The zero-order chi connectivity index (χ0) is 16.1. The van der Waals surface area contributed by atoms with Gasteiger partial charge in [0.15, 0.2) is 0 Å². The van der Waals surface area contributed by atoms with Gasteiger partial charge in [-0.2, -0.15) is 0 Å². The van der Waals surface area contributed by atoms with Gasteiger partial charge in [0, 0.05) is 26.2 Å². The molecule has 0 radical (unpaired) electrons. The second-order valence-corrected chi connectivity index (χ2v) is 6.36. The highest BCUT2D eigenvalue weighted by atomic mass is 35.5. The number of halogens is 2. The molecule has 1 fully saturated rings. The summed E-state index contributed by atoms with van der Waals surface area (Å²) in [6, 6.07) is 4.20. The molecular weight excluding hydrogens is 307 g/mol. The molecular formula is C16H22ClFN2O2. The average molecular weight is 329 g/mol. The molecule has 1 aliphatic rings. The van der Waals surface area contributed by atoms with E-state index in [1.807, 2.05) is 0 Å². The highest BCUT2D eigenvalue weighted by Crippen LogP contribution is 2.18. The monoisotopic (exact) mass is 328 g/mol. The predicted molar refractivity (Wildman–Crippen MR) is 84.8 cm³/mol. The number of ether oxygens (including phenoxy) is 1. The molecule has 1 aromatic carbocycles. The third kappa shape index (κ3) is 4.66. The molecule has 1 aromatic rings. The summed E-state index contributed by atoms with van der Waals surface area (Å²) < 4.78 is 19.3. The lowest BCUT2D eigenvalue weighted by Gasteiger charge is -2.34. The lowest BCUT2D eigenvalue weighted by molar-refractivity contribution is -0.0295. The molecule has 1 saturated heterocycles. The summed E-state index contributed by atoms with van der Waals surface area (Å²) in [5, 5.41) is 2.82. The molecule has 22 heavy (non-hydrogen) atoms. The Morgan fingerprint density at radius 2 is 2.32 bits per heavy atom. The number of amides is 1. The second kappa shape index (κ2) is 7.90. The van der Waals surface area contributed by atoms with E-state index in [2.05, 4.69) is 24.1 Å². The second-order valence-electron chi connectivity index (χ2n) is 5.95. The van der Waals surface area contributed by atoms with Crippen molar-refractivity contribution in [1.29, 1.82) is 0 Å². The molecule has 2 rings (SSSR count). The molecule has 0 spiro atoms. The quantitative estimate of drug-likeness (QED) is 0.903. The highest BCUT2D eigenvalue weighted by molar-refractivity contribution is 6.33. The van der Waals surface area contributed by atoms with Crippen molar-refractivity contribution in [2.24, 2.45) is 5.92 Å². The molecule has 122 valence electrons. The van der Waals surface area contributed by atoms with E-state index in [4.69, 9.17) is 16.3 Å². The largest absolute Gasteiger partial charge is 0.374 e. The number of nitrogens with zero attached hydrogens (tertiary/aromatic N) is 1. The maximum atomic E-state index is 13.7. The summed E-state index contributed by atoms with van der Waals surface area (Å²) in [5.74, 6) is -0.533. The third-order valence-corrected chi connectivity index (χ3v) is 3.84. The van der Waals surface area contributed by atoms with Crippen molar-refractivity contribution < 1.29 is 13.9 Å². The normalized spacial score (nSPS) is 19.4. The smallest absolute Gasteiger partial charge is 0.255 e. The number of carbonyl (C=O) groups is 1. The number of hydrogen-bond donors (Lipinski definition) is 1. The van der Waals surface area contributed by atoms with Crippen molar-refractivity contribution in [2.75, 3.05) is 32.8 Å². The van der Waals surface area contributed by atoms with E-state index in [0.29, 0.717) is 19.1 Å². The van der Waals surface area contributed by atoms with Crippen molar-refractivity contribution in [3.63, 3.8) is 0 Å². The van der Waals surface area contributed by atoms with Crippen molar-refractivity contribution >= 4 is 17.5 Å². The average Bonchev–Trinajstić information content (AvgIpc) is 2.44. The minimum Gasteiger partial charge on any atom is -0.374 e. The molecule has 1 atom stereocenters. The molecule has 0 aliphatic carbocycles. The number of hydrogen-bond acceptors (Lipinski definition) is 3. The van der Waals surface area contributed by atoms with Gasteiger partial charge in [0.1, 0.15) is 5.82 Å². The van der Waals surface area contributed by atoms with Crippen LogP contribution in [-0.4, -0.2) is 49.7 Å². The maximum Gasteiger partial charge on any atom is 0.255 e. The predicted octanol–water partition coefficient (Wildman–Crippen LogP) is 2.57. The molecule has 6 heteroatoms. The van der Waals surface area contributed by atoms with Gasteiger partial charge < -0.3 is 10.1 Å². The topological polar surface area (TPSA) is 41.6 Å². The van der Waals surface area contributed by atoms with Gasteiger partial charge in [-0.05, 0) is 18.1 Å². The van der Waals surface area contributed by atoms with E-state index in [1.54, 1.807) is 0 Å². The van der Waals surface area contributed by atoms with Crippen molar-refractivity contribution in [3.05, 3.63) is 34.6 Å². The summed E-state index contributed by atoms with van der Waals surface area (Å²) >= 11 is 5.89. The first kappa shape index (κ1) is 17.2. The first-order chi connectivity index (χ1) is 10.5. The standard InChI is InChI=1S/C16H22ClFN2O2/c1-11(2)9-20-6-7-22-12(10-20)8-19-16(21)15-13(17)4-3-5-14(15)18/h3-5,11-12H,6-10H2,1-2H3,(H,19,21)/t12-/m0/s1. The molecule has 0 aromatic heterocycles. The Balaban J connectivity index is 1.88. The lowest BCUT2D eigenvalue weighted by Crippen LogP contribution is -2.48. The Hall–Kier alpha value is -1.17. The lowest BCUT2D eigenvalue weighted by atomic mass is 10.1. The van der Waals surface area contributed by atoms with Gasteiger partial charge in [-0.3, -0.25) is 9.69 Å². The van der Waals surface area contributed by atoms with Crippen LogP contribution in [0.15, 0.2) is 18.2 Å². The maximum absolute atomic E-state index is 13.7. The SMILES string of the molecule is CC(C)CN1CCO[C@@H](CNC(=O)c2c(F)cccc2Cl)C1. The van der Waals surface area contributed by atoms with Crippen LogP contribution in [0.5, 0.6) is 0 Å². The van der Waals surface area contributed by atoms with E-state index in [-0.39, 0.29) is 16.7 Å². The molecule has 4 nitrogen and oxygen atoms in total. The highest BCUT2D eigenvalue weighted by Gasteiger charge is 2.22. The van der Waals surface area contributed by atoms with E-state index in [9.17, 15) is 9.18 Å². The van der Waals surface area contributed by atoms with Crippen molar-refractivity contribution in [2.45, 2.75) is 20.0 Å². The molecule has 1 N–H and O–H groups in total. The Morgan fingerprint density at radius 3 is 3.00 bits per heavy atom. The Bertz CT molecular complexity index is 505. The number of morpholine rings is 1. The zero-order valence-electron chi connectivity index (χ0n) is 12.9. The minimum absolute atomic E-state index is 0.0815. The van der Waals surface area contributed by atoms with Crippen molar-refractivity contribution in [3.8, 4) is 0 Å². The van der Waals surface area contributed by atoms with Crippen LogP contribution in [0.1, 0.15) is 24.2 Å². The van der Waals surface area contributed by atoms with Crippen LogP contribution in [-0.2, 0) is 4.74 Å². The summed E-state index contributed by atoms with van der Waals surface area (Å²) in [6.07, 6.45) is -0.0815. The van der Waals surface area contributed by atoms with E-state index in [0.717, 1.165) is 19.6 Å². The molecule has 0 saturated carbocycles. The molecule has 0 bridgehead atoms. The van der Waals surface area contributed by atoms with Gasteiger partial charge in [0.05, 0.1) is 23.3 Å². The Kier molecular flexibility index (Phi) is 6.17. The van der Waals surface area contributed by atoms with Crippen LogP contribution in [0.2, 0.25) is 5.02 Å². The van der Waals surface area contributed by atoms with Crippen LogP contribution >= 0.6 is 11.6 Å². The van der Waals surface area contributed by atoms with Gasteiger partial charge in [-0.1, -0.05) is 31.5 Å².